The summed E-state index contributed by atoms with van der Waals surface area (Å²) in [4.78, 5) is 3.52. The molecule has 0 amide bonds. The number of rotatable bonds is 2. The molecule has 0 aromatic carbocycles. The Labute approximate surface area is 71.0 Å². The van der Waals surface area contributed by atoms with Gasteiger partial charge in [-0.2, -0.15) is 8.42 Å². The summed E-state index contributed by atoms with van der Waals surface area (Å²) in [6.45, 7) is 1.81. The smallest absolute Gasteiger partial charge is 0.282 e. The fourth-order valence-corrected chi connectivity index (χ4v) is 1.67. The molecule has 1 N–H and O–H groups in total. The van der Waals surface area contributed by atoms with Crippen LogP contribution < -0.4 is 0 Å². The van der Waals surface area contributed by atoms with E-state index >= 15 is 0 Å². The molecule has 1 aromatic rings. The largest absolute Gasteiger partial charge is 0.296 e. The van der Waals surface area contributed by atoms with Gasteiger partial charge in [0.1, 0.15) is 4.90 Å². The lowest BCUT2D eigenvalue weighted by Crippen LogP contribution is -2.02. The Kier molecular flexibility index (Phi) is 2.44. The predicted octanol–water partition coefficient (Wildman–Crippen LogP) is 0.891. The third kappa shape index (κ3) is 1.80. The summed E-state index contributed by atoms with van der Waals surface area (Å²) in [5.74, 6) is 0. The van der Waals surface area contributed by atoms with Crippen LogP contribution in [0.5, 0.6) is 0 Å². The van der Waals surface area contributed by atoms with Gasteiger partial charge in [0, 0.05) is 12.4 Å². The van der Waals surface area contributed by atoms with Gasteiger partial charge in [-0.1, -0.05) is 6.92 Å². The molecule has 0 aliphatic carbocycles. The molecule has 0 bridgehead atoms. The van der Waals surface area contributed by atoms with Crippen LogP contribution >= 0.6 is 0 Å². The normalized spacial score (nSPS) is 11.5. The molecule has 0 spiro atoms. The summed E-state index contributed by atoms with van der Waals surface area (Å²) >= 11 is 0. The molecule has 0 radical (unpaired) electrons. The zero-order valence-electron chi connectivity index (χ0n) is 6.56. The van der Waals surface area contributed by atoms with Crippen LogP contribution in [0.25, 0.3) is 0 Å². The Morgan fingerprint density at radius 1 is 1.58 bits per heavy atom. The maximum absolute atomic E-state index is 10.7. The van der Waals surface area contributed by atoms with Crippen molar-refractivity contribution in [3.05, 3.63) is 24.0 Å². The molecular weight excluding hydrogens is 178 g/mol. The first-order chi connectivity index (χ1) is 5.55. The summed E-state index contributed by atoms with van der Waals surface area (Å²) in [6.07, 6.45) is 3.19. The second kappa shape index (κ2) is 3.20. The quantitative estimate of drug-likeness (QED) is 0.698. The lowest BCUT2D eigenvalue weighted by atomic mass is 10.2. The van der Waals surface area contributed by atoms with E-state index in [1.807, 2.05) is 6.92 Å². The summed E-state index contributed by atoms with van der Waals surface area (Å²) in [5.41, 5.74) is 0.576. The van der Waals surface area contributed by atoms with Crippen molar-refractivity contribution >= 4 is 10.1 Å². The first kappa shape index (κ1) is 9.15. The lowest BCUT2D eigenvalue weighted by Gasteiger charge is -2.01. The average Bonchev–Trinajstić information content (AvgIpc) is 2.03. The average molecular weight is 187 g/mol. The highest BCUT2D eigenvalue weighted by molar-refractivity contribution is 7.85. The van der Waals surface area contributed by atoms with Crippen molar-refractivity contribution in [2.75, 3.05) is 0 Å². The number of hydrogen-bond donors (Lipinski definition) is 1. The van der Waals surface area contributed by atoms with Crippen LogP contribution in [0.15, 0.2) is 23.4 Å². The number of nitrogens with zero attached hydrogens (tertiary/aromatic N) is 1. The van der Waals surface area contributed by atoms with Gasteiger partial charge in [0.25, 0.3) is 10.1 Å². The highest BCUT2D eigenvalue weighted by Gasteiger charge is 2.13. The Morgan fingerprint density at radius 3 is 2.67 bits per heavy atom. The Morgan fingerprint density at radius 2 is 2.25 bits per heavy atom. The Balaban J connectivity index is 3.33. The van der Waals surface area contributed by atoms with Gasteiger partial charge in [-0.05, 0) is 18.1 Å². The summed E-state index contributed by atoms with van der Waals surface area (Å²) < 4.78 is 30.2. The van der Waals surface area contributed by atoms with Crippen molar-refractivity contribution in [3.63, 3.8) is 0 Å². The van der Waals surface area contributed by atoms with E-state index in [2.05, 4.69) is 4.98 Å². The number of aromatic nitrogens is 1. The summed E-state index contributed by atoms with van der Waals surface area (Å²) in [7, 11) is -4.11. The molecule has 5 heteroatoms. The molecule has 0 aliphatic heterocycles. The minimum Gasteiger partial charge on any atom is -0.282 e. The first-order valence-electron chi connectivity index (χ1n) is 3.46. The first-order valence-corrected chi connectivity index (χ1v) is 4.90. The summed E-state index contributed by atoms with van der Waals surface area (Å²) in [5, 5.41) is 0. The molecule has 1 heterocycles. The molecule has 66 valence electrons. The second-order valence-electron chi connectivity index (χ2n) is 2.31. The van der Waals surface area contributed by atoms with E-state index in [-0.39, 0.29) is 4.90 Å². The van der Waals surface area contributed by atoms with E-state index in [4.69, 9.17) is 4.55 Å². The molecule has 1 rings (SSSR count). The topological polar surface area (TPSA) is 67.3 Å². The van der Waals surface area contributed by atoms with Crippen LogP contribution in [0.3, 0.4) is 0 Å². The Bertz CT molecular complexity index is 372. The van der Waals surface area contributed by atoms with E-state index in [1.54, 1.807) is 6.07 Å². The van der Waals surface area contributed by atoms with Gasteiger partial charge in [-0.3, -0.25) is 9.54 Å². The zero-order chi connectivity index (χ0) is 9.19. The zero-order valence-corrected chi connectivity index (χ0v) is 7.37. The predicted molar refractivity (Wildman–Crippen MR) is 43.4 cm³/mol. The van der Waals surface area contributed by atoms with Crippen molar-refractivity contribution in [1.29, 1.82) is 0 Å². The van der Waals surface area contributed by atoms with Crippen LogP contribution in [0.2, 0.25) is 0 Å². The molecule has 0 fully saturated rings. The van der Waals surface area contributed by atoms with E-state index in [9.17, 15) is 8.42 Å². The van der Waals surface area contributed by atoms with E-state index in [0.29, 0.717) is 12.0 Å². The number of hydrogen-bond acceptors (Lipinski definition) is 3. The van der Waals surface area contributed by atoms with Crippen LogP contribution in [-0.4, -0.2) is 18.0 Å². The lowest BCUT2D eigenvalue weighted by molar-refractivity contribution is 0.481. The maximum Gasteiger partial charge on any atom is 0.296 e. The number of aryl methyl sites for hydroxylation is 1. The fourth-order valence-electron chi connectivity index (χ4n) is 0.933. The van der Waals surface area contributed by atoms with Gasteiger partial charge in [-0.15, -0.1) is 0 Å². The van der Waals surface area contributed by atoms with Gasteiger partial charge >= 0.3 is 0 Å². The van der Waals surface area contributed by atoms with Crippen LogP contribution in [0, 0.1) is 0 Å². The van der Waals surface area contributed by atoms with Gasteiger partial charge in [-0.25, -0.2) is 0 Å². The molecular formula is C7H9NO3S. The van der Waals surface area contributed by atoms with Crippen molar-refractivity contribution in [3.8, 4) is 0 Å². The van der Waals surface area contributed by atoms with Crippen molar-refractivity contribution < 1.29 is 13.0 Å². The summed E-state index contributed by atoms with van der Waals surface area (Å²) in [6, 6.07) is 1.57. The molecule has 12 heavy (non-hydrogen) atoms. The van der Waals surface area contributed by atoms with Crippen LogP contribution in [0.1, 0.15) is 12.5 Å². The monoisotopic (exact) mass is 187 g/mol. The molecule has 0 saturated heterocycles. The highest BCUT2D eigenvalue weighted by atomic mass is 32.2. The third-order valence-corrected chi connectivity index (χ3v) is 2.45. The number of pyridine rings is 1. The molecule has 0 saturated carbocycles. The van der Waals surface area contributed by atoms with Crippen molar-refractivity contribution in [2.24, 2.45) is 0 Å². The highest BCUT2D eigenvalue weighted by Crippen LogP contribution is 2.13. The standard InChI is InChI=1S/C7H9NO3S/c1-2-6-3-4-8-5-7(6)12(9,10)11/h3-5H,2H2,1H3,(H,9,10,11). The van der Waals surface area contributed by atoms with E-state index < -0.39 is 10.1 Å². The van der Waals surface area contributed by atoms with Gasteiger partial charge < -0.3 is 0 Å². The van der Waals surface area contributed by atoms with Gasteiger partial charge in [0.05, 0.1) is 0 Å². The molecule has 0 unspecified atom stereocenters. The van der Waals surface area contributed by atoms with Gasteiger partial charge in [0.15, 0.2) is 0 Å². The fraction of sp³-hybridized carbons (Fsp3) is 0.286. The SMILES string of the molecule is CCc1ccncc1S(=O)(=O)O. The molecule has 4 nitrogen and oxygen atoms in total. The molecule has 1 aromatic heterocycles. The van der Waals surface area contributed by atoms with Crippen LogP contribution in [-0.2, 0) is 16.5 Å². The molecule has 0 atom stereocenters. The maximum atomic E-state index is 10.7. The van der Waals surface area contributed by atoms with Gasteiger partial charge in [0.2, 0.25) is 0 Å². The minimum absolute atomic E-state index is 0.104. The van der Waals surface area contributed by atoms with Crippen molar-refractivity contribution in [1.82, 2.24) is 4.98 Å². The van der Waals surface area contributed by atoms with E-state index in [1.165, 1.54) is 6.20 Å². The third-order valence-electron chi connectivity index (χ3n) is 1.53. The van der Waals surface area contributed by atoms with E-state index in [0.717, 1.165) is 6.20 Å². The van der Waals surface area contributed by atoms with Crippen LogP contribution in [0.4, 0.5) is 0 Å². The molecule has 0 aliphatic rings. The Hall–Kier alpha value is -0.940. The minimum atomic E-state index is -4.11. The van der Waals surface area contributed by atoms with Crippen molar-refractivity contribution in [2.45, 2.75) is 18.2 Å². The second-order valence-corrected chi connectivity index (χ2v) is 3.70.